The van der Waals surface area contributed by atoms with Crippen LogP contribution < -0.4 is 10.1 Å². The molecule has 0 saturated carbocycles. The Morgan fingerprint density at radius 3 is 2.96 bits per heavy atom. The summed E-state index contributed by atoms with van der Waals surface area (Å²) in [6, 6.07) is 9.67. The summed E-state index contributed by atoms with van der Waals surface area (Å²) in [5.74, 6) is 1.22. The Kier molecular flexibility index (Phi) is 7.16. The van der Waals surface area contributed by atoms with Gasteiger partial charge in [0.2, 0.25) is 5.91 Å². The Balaban J connectivity index is 1.47. The summed E-state index contributed by atoms with van der Waals surface area (Å²) in [7, 11) is 1.59. The highest BCUT2D eigenvalue weighted by atomic mass is 35.5. The minimum Gasteiger partial charge on any atom is -0.495 e. The molecular formula is C21H27ClN2O2S. The summed E-state index contributed by atoms with van der Waals surface area (Å²) >= 11 is 7.91. The monoisotopic (exact) mass is 406 g/mol. The molecule has 0 unspecified atom stereocenters. The van der Waals surface area contributed by atoms with E-state index in [1.54, 1.807) is 25.3 Å². The molecule has 1 N–H and O–H groups in total. The van der Waals surface area contributed by atoms with Gasteiger partial charge < -0.3 is 10.1 Å². The first-order chi connectivity index (χ1) is 13.0. The second kappa shape index (κ2) is 9.58. The third-order valence-corrected chi connectivity index (χ3v) is 6.21. The van der Waals surface area contributed by atoms with Crippen LogP contribution >= 0.6 is 22.9 Å². The van der Waals surface area contributed by atoms with Gasteiger partial charge >= 0.3 is 0 Å². The number of nitrogens with one attached hydrogen (secondary N) is 1. The quantitative estimate of drug-likeness (QED) is 0.673. The Bertz CT molecular complexity index is 777. The van der Waals surface area contributed by atoms with Crippen molar-refractivity contribution in [3.63, 3.8) is 0 Å². The van der Waals surface area contributed by atoms with E-state index in [2.05, 4.69) is 29.3 Å². The van der Waals surface area contributed by atoms with Crippen LogP contribution in [0, 0.1) is 12.8 Å². The highest BCUT2D eigenvalue weighted by molar-refractivity contribution is 7.11. The molecule has 2 aromatic rings. The third kappa shape index (κ3) is 5.96. The summed E-state index contributed by atoms with van der Waals surface area (Å²) in [6.45, 7) is 5.41. The number of amides is 1. The van der Waals surface area contributed by atoms with Gasteiger partial charge in [-0.1, -0.05) is 11.6 Å². The van der Waals surface area contributed by atoms with Gasteiger partial charge in [0.05, 0.1) is 12.8 Å². The number of hydrogen-bond acceptors (Lipinski definition) is 4. The summed E-state index contributed by atoms with van der Waals surface area (Å²) in [6.07, 6.45) is 3.84. The molecule has 1 aliphatic heterocycles. The number of anilines is 1. The average Bonchev–Trinajstić information content (AvgIpc) is 3.05. The highest BCUT2D eigenvalue weighted by Gasteiger charge is 2.21. The fraction of sp³-hybridized carbons (Fsp3) is 0.476. The lowest BCUT2D eigenvalue weighted by Crippen LogP contribution is -2.35. The van der Waals surface area contributed by atoms with Gasteiger partial charge in [-0.15, -0.1) is 11.3 Å². The van der Waals surface area contributed by atoms with Gasteiger partial charge in [-0.05, 0) is 69.0 Å². The molecule has 3 rings (SSSR count). The first kappa shape index (κ1) is 20.2. The van der Waals surface area contributed by atoms with Crippen molar-refractivity contribution >= 4 is 34.5 Å². The first-order valence-electron chi connectivity index (χ1n) is 9.44. The highest BCUT2D eigenvalue weighted by Crippen LogP contribution is 2.29. The van der Waals surface area contributed by atoms with Crippen molar-refractivity contribution in [1.29, 1.82) is 0 Å². The topological polar surface area (TPSA) is 41.6 Å². The number of hydrogen-bond donors (Lipinski definition) is 1. The lowest BCUT2D eigenvalue weighted by atomic mass is 9.93. The number of nitrogens with zero attached hydrogens (tertiary/aromatic N) is 1. The van der Waals surface area contributed by atoms with Crippen molar-refractivity contribution in [2.75, 3.05) is 25.5 Å². The van der Waals surface area contributed by atoms with E-state index in [4.69, 9.17) is 16.3 Å². The summed E-state index contributed by atoms with van der Waals surface area (Å²) in [4.78, 5) is 17.7. The van der Waals surface area contributed by atoms with Gasteiger partial charge in [0.15, 0.2) is 0 Å². The molecule has 0 bridgehead atoms. The molecule has 2 heterocycles. The SMILES string of the molecule is COc1ccc(Cl)cc1NC(=O)CC[C@@H]1CCCN(Cc2ccc(C)s2)C1. The lowest BCUT2D eigenvalue weighted by Gasteiger charge is -2.32. The summed E-state index contributed by atoms with van der Waals surface area (Å²) in [5, 5.41) is 3.52. The van der Waals surface area contributed by atoms with Crippen molar-refractivity contribution in [2.24, 2.45) is 5.92 Å². The van der Waals surface area contributed by atoms with E-state index in [9.17, 15) is 4.79 Å². The van der Waals surface area contributed by atoms with Crippen LogP contribution in [-0.2, 0) is 11.3 Å². The molecule has 1 saturated heterocycles. The van der Waals surface area contributed by atoms with Crippen LogP contribution in [0.2, 0.25) is 5.02 Å². The minimum atomic E-state index is 0.0153. The number of thiophene rings is 1. The molecular weight excluding hydrogens is 380 g/mol. The molecule has 6 heteroatoms. The molecule has 27 heavy (non-hydrogen) atoms. The molecule has 1 amide bonds. The number of carbonyl (C=O) groups excluding carboxylic acids is 1. The van der Waals surface area contributed by atoms with Crippen molar-refractivity contribution in [3.8, 4) is 5.75 Å². The van der Waals surface area contributed by atoms with Crippen LogP contribution in [0.5, 0.6) is 5.75 Å². The first-order valence-corrected chi connectivity index (χ1v) is 10.6. The van der Waals surface area contributed by atoms with Crippen molar-refractivity contribution in [3.05, 3.63) is 45.1 Å². The molecule has 0 radical (unpaired) electrons. The van der Waals surface area contributed by atoms with Crippen LogP contribution in [0.3, 0.4) is 0 Å². The zero-order chi connectivity index (χ0) is 19.2. The number of halogens is 1. The van der Waals surface area contributed by atoms with E-state index in [0.717, 1.165) is 26.1 Å². The number of methoxy groups -OCH3 is 1. The van der Waals surface area contributed by atoms with Gasteiger partial charge in [-0.25, -0.2) is 0 Å². The number of carbonyl (C=O) groups is 1. The molecule has 0 aliphatic carbocycles. The summed E-state index contributed by atoms with van der Waals surface area (Å²) < 4.78 is 5.29. The van der Waals surface area contributed by atoms with Gasteiger partial charge in [0.1, 0.15) is 5.75 Å². The van der Waals surface area contributed by atoms with Crippen molar-refractivity contribution < 1.29 is 9.53 Å². The standard InChI is InChI=1S/C21H27ClN2O2S/c1-15-5-8-18(27-15)14-24-11-3-4-16(13-24)6-10-21(25)23-19-12-17(22)7-9-20(19)26-2/h5,7-9,12,16H,3-4,6,10-11,13-14H2,1-2H3,(H,23,25)/t16-/m0/s1. The minimum absolute atomic E-state index is 0.0153. The van der Waals surface area contributed by atoms with Crippen LogP contribution in [0.25, 0.3) is 0 Å². The maximum absolute atomic E-state index is 12.4. The zero-order valence-corrected chi connectivity index (χ0v) is 17.5. The van der Waals surface area contributed by atoms with E-state index in [1.165, 1.54) is 22.6 Å². The van der Waals surface area contributed by atoms with Crippen LogP contribution in [-0.4, -0.2) is 31.0 Å². The number of ether oxygens (including phenoxy) is 1. The maximum atomic E-state index is 12.4. The zero-order valence-electron chi connectivity index (χ0n) is 16.0. The van der Waals surface area contributed by atoms with Crippen molar-refractivity contribution in [1.82, 2.24) is 4.90 Å². The van der Waals surface area contributed by atoms with E-state index < -0.39 is 0 Å². The third-order valence-electron chi connectivity index (χ3n) is 4.99. The average molecular weight is 407 g/mol. The smallest absolute Gasteiger partial charge is 0.224 e. The normalized spacial score (nSPS) is 17.7. The molecule has 4 nitrogen and oxygen atoms in total. The molecule has 1 atom stereocenters. The van der Waals surface area contributed by atoms with Crippen LogP contribution in [0.15, 0.2) is 30.3 Å². The Morgan fingerprint density at radius 2 is 2.22 bits per heavy atom. The molecule has 1 aliphatic rings. The van der Waals surface area contributed by atoms with Crippen LogP contribution in [0.4, 0.5) is 5.69 Å². The second-order valence-corrected chi connectivity index (χ2v) is 9.00. The van der Waals surface area contributed by atoms with E-state index in [-0.39, 0.29) is 5.91 Å². The molecule has 1 aromatic heterocycles. The van der Waals surface area contributed by atoms with Gasteiger partial charge in [0, 0.05) is 34.3 Å². The Morgan fingerprint density at radius 1 is 1.37 bits per heavy atom. The van der Waals surface area contributed by atoms with E-state index in [1.807, 2.05) is 11.3 Å². The number of rotatable bonds is 7. The Hall–Kier alpha value is -1.56. The predicted octanol–water partition coefficient (Wildman–Crippen LogP) is 5.35. The largest absolute Gasteiger partial charge is 0.495 e. The number of benzene rings is 1. The number of piperidine rings is 1. The van der Waals surface area contributed by atoms with Gasteiger partial charge in [-0.3, -0.25) is 9.69 Å². The number of likely N-dealkylation sites (tertiary alicyclic amines) is 1. The number of aryl methyl sites for hydroxylation is 1. The summed E-state index contributed by atoms with van der Waals surface area (Å²) in [5.41, 5.74) is 0.633. The van der Waals surface area contributed by atoms with E-state index >= 15 is 0 Å². The maximum Gasteiger partial charge on any atom is 0.224 e. The molecule has 1 aromatic carbocycles. The van der Waals surface area contributed by atoms with Gasteiger partial charge in [0.25, 0.3) is 0 Å². The molecule has 1 fully saturated rings. The molecule has 146 valence electrons. The Labute approximate surface area is 170 Å². The fourth-order valence-corrected chi connectivity index (χ4v) is 4.75. The van der Waals surface area contributed by atoms with Crippen molar-refractivity contribution in [2.45, 2.75) is 39.2 Å². The van der Waals surface area contributed by atoms with Crippen LogP contribution in [0.1, 0.15) is 35.4 Å². The predicted molar refractivity (Wildman–Crippen MR) is 113 cm³/mol. The van der Waals surface area contributed by atoms with E-state index in [0.29, 0.717) is 28.8 Å². The second-order valence-electron chi connectivity index (χ2n) is 7.19. The van der Waals surface area contributed by atoms with Gasteiger partial charge in [-0.2, -0.15) is 0 Å². The lowest BCUT2D eigenvalue weighted by molar-refractivity contribution is -0.116. The molecule has 0 spiro atoms. The fourth-order valence-electron chi connectivity index (χ4n) is 3.65.